The van der Waals surface area contributed by atoms with Crippen molar-refractivity contribution in [1.29, 1.82) is 0 Å². The van der Waals surface area contributed by atoms with Crippen LogP contribution >= 0.6 is 0 Å². The van der Waals surface area contributed by atoms with Crippen molar-refractivity contribution in [1.82, 2.24) is 14.5 Å². The molecule has 0 fully saturated rings. The molecule has 0 aliphatic rings. The first-order valence-electron chi connectivity index (χ1n) is 6.49. The zero-order chi connectivity index (χ0) is 15.4. The largest absolute Gasteiger partial charge is 0.443 e. The van der Waals surface area contributed by atoms with Gasteiger partial charge in [-0.25, -0.2) is 18.6 Å². The van der Waals surface area contributed by atoms with Crippen LogP contribution in [0.1, 0.15) is 5.56 Å². The van der Waals surface area contributed by atoms with Gasteiger partial charge in [0, 0.05) is 6.07 Å². The van der Waals surface area contributed by atoms with Crippen LogP contribution in [-0.2, 0) is 0 Å². The molecule has 5 nitrogen and oxygen atoms in total. The monoisotopic (exact) mass is 301 g/mol. The molecular weight excluding hydrogens is 292 g/mol. The Bertz CT molecular complexity index is 1090. The van der Waals surface area contributed by atoms with Crippen molar-refractivity contribution < 1.29 is 13.2 Å². The van der Waals surface area contributed by atoms with Crippen LogP contribution < -0.4 is 5.69 Å². The third-order valence-electron chi connectivity index (χ3n) is 3.55. The number of benzene rings is 2. The maximum atomic E-state index is 14.6. The average Bonchev–Trinajstić information content (AvgIpc) is 3.04. The topological polar surface area (TPSA) is 63.8 Å². The van der Waals surface area contributed by atoms with E-state index in [4.69, 9.17) is 4.42 Å². The molecule has 22 heavy (non-hydrogen) atoms. The van der Waals surface area contributed by atoms with Gasteiger partial charge in [0.05, 0.1) is 11.2 Å². The third kappa shape index (κ3) is 1.62. The van der Waals surface area contributed by atoms with E-state index >= 15 is 0 Å². The van der Waals surface area contributed by atoms with Crippen LogP contribution in [0.15, 0.2) is 39.9 Å². The predicted octanol–water partition coefficient (Wildman–Crippen LogP) is 3.05. The quantitative estimate of drug-likeness (QED) is 0.587. The van der Waals surface area contributed by atoms with Crippen LogP contribution in [0.2, 0.25) is 0 Å². The summed E-state index contributed by atoms with van der Waals surface area (Å²) >= 11 is 0. The number of hydrogen-bond donors (Lipinski definition) is 1. The van der Waals surface area contributed by atoms with Crippen LogP contribution in [0.4, 0.5) is 8.78 Å². The molecule has 0 aliphatic heterocycles. The minimum absolute atomic E-state index is 0.00669. The van der Waals surface area contributed by atoms with Crippen molar-refractivity contribution >= 4 is 22.1 Å². The van der Waals surface area contributed by atoms with E-state index in [-0.39, 0.29) is 27.8 Å². The predicted molar refractivity (Wildman–Crippen MR) is 76.1 cm³/mol. The number of hydrogen-bond acceptors (Lipinski definition) is 3. The fourth-order valence-corrected chi connectivity index (χ4v) is 2.56. The minimum Gasteiger partial charge on any atom is -0.443 e. The third-order valence-corrected chi connectivity index (χ3v) is 3.55. The maximum absolute atomic E-state index is 14.6. The molecule has 0 saturated heterocycles. The number of nitrogens with one attached hydrogen (secondary N) is 1. The Morgan fingerprint density at radius 3 is 2.86 bits per heavy atom. The molecular formula is C15H9F2N3O2. The Morgan fingerprint density at radius 1 is 1.27 bits per heavy atom. The van der Waals surface area contributed by atoms with Crippen LogP contribution in [0, 0.1) is 18.6 Å². The second kappa shape index (κ2) is 4.27. The zero-order valence-corrected chi connectivity index (χ0v) is 11.4. The van der Waals surface area contributed by atoms with Crippen molar-refractivity contribution in [2.24, 2.45) is 0 Å². The number of oxazole rings is 1. The molecule has 4 aromatic rings. The van der Waals surface area contributed by atoms with Gasteiger partial charge < -0.3 is 9.40 Å². The molecule has 0 atom stereocenters. The molecule has 0 unspecified atom stereocenters. The van der Waals surface area contributed by atoms with Gasteiger partial charge in [0.2, 0.25) is 0 Å². The van der Waals surface area contributed by atoms with Crippen LogP contribution in [0.5, 0.6) is 0 Å². The Kier molecular flexibility index (Phi) is 2.47. The SMILES string of the molecule is Cc1ccc(-n2c(=O)[nH]c3cc4ocnc4c(F)c32)c(F)c1. The Hall–Kier alpha value is -2.96. The van der Waals surface area contributed by atoms with Crippen molar-refractivity contribution in [2.75, 3.05) is 0 Å². The van der Waals surface area contributed by atoms with E-state index in [2.05, 4.69) is 9.97 Å². The second-order valence-corrected chi connectivity index (χ2v) is 5.01. The van der Waals surface area contributed by atoms with E-state index in [1.165, 1.54) is 18.2 Å². The number of nitrogens with zero attached hydrogens (tertiary/aromatic N) is 2. The molecule has 2 aromatic heterocycles. The molecule has 2 aromatic carbocycles. The molecule has 0 aliphatic carbocycles. The first-order chi connectivity index (χ1) is 10.6. The number of halogens is 2. The maximum Gasteiger partial charge on any atom is 0.331 e. The Labute approximate surface area is 121 Å². The van der Waals surface area contributed by atoms with Gasteiger partial charge in [0.25, 0.3) is 0 Å². The number of fused-ring (bicyclic) bond motifs is 2. The first-order valence-corrected chi connectivity index (χ1v) is 6.49. The highest BCUT2D eigenvalue weighted by Crippen LogP contribution is 2.27. The number of aromatic amines is 1. The summed E-state index contributed by atoms with van der Waals surface area (Å²) < 4.78 is 34.8. The second-order valence-electron chi connectivity index (χ2n) is 5.01. The lowest BCUT2D eigenvalue weighted by atomic mass is 10.2. The molecule has 0 saturated carbocycles. The molecule has 110 valence electrons. The van der Waals surface area contributed by atoms with Gasteiger partial charge in [-0.1, -0.05) is 6.07 Å². The summed E-state index contributed by atoms with van der Waals surface area (Å²) in [6.45, 7) is 1.73. The van der Waals surface area contributed by atoms with Gasteiger partial charge in [-0.3, -0.25) is 4.57 Å². The summed E-state index contributed by atoms with van der Waals surface area (Å²) in [4.78, 5) is 18.4. The fraction of sp³-hybridized carbons (Fsp3) is 0.0667. The molecule has 2 heterocycles. The van der Waals surface area contributed by atoms with E-state index in [0.29, 0.717) is 5.56 Å². The lowest BCUT2D eigenvalue weighted by molar-refractivity contribution is 0.601. The van der Waals surface area contributed by atoms with Crippen molar-refractivity contribution in [2.45, 2.75) is 6.92 Å². The number of rotatable bonds is 1. The first kappa shape index (κ1) is 12.8. The van der Waals surface area contributed by atoms with Crippen LogP contribution in [-0.4, -0.2) is 14.5 Å². The normalized spacial score (nSPS) is 11.6. The van der Waals surface area contributed by atoms with E-state index in [1.807, 2.05) is 0 Å². The number of imidazole rings is 1. The Balaban J connectivity index is 2.17. The van der Waals surface area contributed by atoms with Gasteiger partial charge in [0.1, 0.15) is 16.9 Å². The highest BCUT2D eigenvalue weighted by molar-refractivity contribution is 5.92. The average molecular weight is 301 g/mol. The fourth-order valence-electron chi connectivity index (χ4n) is 2.56. The van der Waals surface area contributed by atoms with Crippen LogP contribution in [0.3, 0.4) is 0 Å². The number of H-pyrrole nitrogens is 1. The van der Waals surface area contributed by atoms with Crippen LogP contribution in [0.25, 0.3) is 27.8 Å². The van der Waals surface area contributed by atoms with Gasteiger partial charge >= 0.3 is 5.69 Å². The summed E-state index contributed by atoms with van der Waals surface area (Å²) in [5.74, 6) is -1.35. The van der Waals surface area contributed by atoms with E-state index < -0.39 is 17.3 Å². The number of aryl methyl sites for hydroxylation is 1. The molecule has 0 bridgehead atoms. The van der Waals surface area contributed by atoms with Crippen molar-refractivity contribution in [3.8, 4) is 5.69 Å². The molecule has 0 amide bonds. The molecule has 0 radical (unpaired) electrons. The van der Waals surface area contributed by atoms with Crippen molar-refractivity contribution in [3.63, 3.8) is 0 Å². The van der Waals surface area contributed by atoms with Gasteiger partial charge in [-0.2, -0.15) is 0 Å². The van der Waals surface area contributed by atoms with Gasteiger partial charge in [-0.15, -0.1) is 0 Å². The van der Waals surface area contributed by atoms with Gasteiger partial charge in [0.15, 0.2) is 17.8 Å². The summed E-state index contributed by atoms with van der Waals surface area (Å²) in [5.41, 5.74) is 0.401. The lowest BCUT2D eigenvalue weighted by Crippen LogP contribution is -2.16. The van der Waals surface area contributed by atoms with E-state index in [9.17, 15) is 13.6 Å². The Morgan fingerprint density at radius 2 is 2.09 bits per heavy atom. The molecule has 1 N–H and O–H groups in total. The summed E-state index contributed by atoms with van der Waals surface area (Å²) in [6, 6.07) is 5.83. The highest BCUT2D eigenvalue weighted by atomic mass is 19.1. The summed E-state index contributed by atoms with van der Waals surface area (Å²) in [6.07, 6.45) is 1.11. The van der Waals surface area contributed by atoms with Gasteiger partial charge in [-0.05, 0) is 24.6 Å². The minimum atomic E-state index is -0.737. The molecule has 4 rings (SSSR count). The van der Waals surface area contributed by atoms with E-state index in [1.54, 1.807) is 13.0 Å². The standard InChI is InChI=1S/C15H9F2N3O2/c1-7-2-3-10(8(16)4-7)20-14-9(19-15(20)21)5-11-13(12(14)17)18-6-22-11/h2-6H,1H3,(H,19,21). The molecule has 0 spiro atoms. The van der Waals surface area contributed by atoms with E-state index in [0.717, 1.165) is 11.0 Å². The smallest absolute Gasteiger partial charge is 0.331 e. The molecule has 7 heteroatoms. The van der Waals surface area contributed by atoms with Crippen molar-refractivity contribution in [3.05, 3.63) is 58.3 Å². The summed E-state index contributed by atoms with van der Waals surface area (Å²) in [7, 11) is 0. The zero-order valence-electron chi connectivity index (χ0n) is 11.4. The highest BCUT2D eigenvalue weighted by Gasteiger charge is 2.20. The number of aromatic nitrogens is 3. The summed E-state index contributed by atoms with van der Waals surface area (Å²) in [5, 5.41) is 0. The lowest BCUT2D eigenvalue weighted by Gasteiger charge is -2.06.